The Kier molecular flexibility index (Phi) is 5.53. The summed E-state index contributed by atoms with van der Waals surface area (Å²) in [6.45, 7) is 1.43. The number of rotatable bonds is 5. The van der Waals surface area contributed by atoms with Gasteiger partial charge in [0.15, 0.2) is 0 Å². The van der Waals surface area contributed by atoms with Crippen molar-refractivity contribution in [3.05, 3.63) is 16.8 Å². The number of aromatic nitrogens is 2. The lowest BCUT2D eigenvalue weighted by Gasteiger charge is -2.10. The van der Waals surface area contributed by atoms with Gasteiger partial charge in [0, 0.05) is 23.4 Å². The van der Waals surface area contributed by atoms with Crippen molar-refractivity contribution in [1.29, 1.82) is 0 Å². The Morgan fingerprint density at radius 2 is 2.20 bits per heavy atom. The number of carbonyl (C=O) groups is 1. The van der Waals surface area contributed by atoms with Gasteiger partial charge in [-0.15, -0.1) is 11.3 Å². The lowest BCUT2D eigenvalue weighted by Crippen LogP contribution is -2.32. The maximum Gasteiger partial charge on any atom is 0.230 e. The summed E-state index contributed by atoms with van der Waals surface area (Å²) < 4.78 is 5.55. The van der Waals surface area contributed by atoms with Crippen molar-refractivity contribution >= 4 is 39.2 Å². The smallest absolute Gasteiger partial charge is 0.230 e. The summed E-state index contributed by atoms with van der Waals surface area (Å²) in [7, 11) is 0. The summed E-state index contributed by atoms with van der Waals surface area (Å²) in [6, 6.07) is 0. The van der Waals surface area contributed by atoms with Crippen molar-refractivity contribution < 1.29 is 9.53 Å². The molecular weight excluding hydrogens is 354 g/mol. The minimum absolute atomic E-state index is 0.0496. The summed E-state index contributed by atoms with van der Waals surface area (Å²) in [6.07, 6.45) is 10.0. The molecule has 25 heavy (non-hydrogen) atoms. The van der Waals surface area contributed by atoms with Crippen LogP contribution in [0.1, 0.15) is 42.5 Å². The lowest BCUT2D eigenvalue weighted by atomic mass is 10.1. The topological polar surface area (TPSA) is 64.1 Å². The summed E-state index contributed by atoms with van der Waals surface area (Å²) >= 11 is 3.33. The Bertz CT molecular complexity index is 756. The van der Waals surface area contributed by atoms with Gasteiger partial charge in [-0.2, -0.15) is 0 Å². The van der Waals surface area contributed by atoms with Gasteiger partial charge in [0.1, 0.15) is 16.2 Å². The monoisotopic (exact) mass is 377 g/mol. The second-order valence-corrected chi connectivity index (χ2v) is 8.70. The third-order valence-electron chi connectivity index (χ3n) is 4.86. The summed E-state index contributed by atoms with van der Waals surface area (Å²) in [5.41, 5.74) is 1.43. The number of thioether (sulfide) groups is 1. The van der Waals surface area contributed by atoms with E-state index in [9.17, 15) is 4.79 Å². The first-order valence-corrected chi connectivity index (χ1v) is 10.9. The van der Waals surface area contributed by atoms with E-state index in [4.69, 9.17) is 4.74 Å². The number of hydrogen-bond acceptors (Lipinski definition) is 6. The first kappa shape index (κ1) is 17.2. The predicted octanol–water partition coefficient (Wildman–Crippen LogP) is 3.35. The molecule has 2 aliphatic rings. The fourth-order valence-electron chi connectivity index (χ4n) is 3.57. The molecule has 0 radical (unpaired) electrons. The molecule has 0 bridgehead atoms. The maximum absolute atomic E-state index is 12.2. The molecule has 3 heterocycles. The van der Waals surface area contributed by atoms with Crippen molar-refractivity contribution in [3.63, 3.8) is 0 Å². The zero-order chi connectivity index (χ0) is 17.1. The fraction of sp³-hybridized carbons (Fsp3) is 0.611. The quantitative estimate of drug-likeness (QED) is 0.492. The molecule has 1 N–H and O–H groups in total. The van der Waals surface area contributed by atoms with Gasteiger partial charge >= 0.3 is 0 Å². The van der Waals surface area contributed by atoms with Crippen LogP contribution >= 0.6 is 23.1 Å². The van der Waals surface area contributed by atoms with Crippen LogP contribution in [-0.2, 0) is 22.4 Å². The number of nitrogens with one attached hydrogen (secondary N) is 1. The third-order valence-corrected chi connectivity index (χ3v) is 7.05. The highest BCUT2D eigenvalue weighted by atomic mass is 32.2. The molecule has 0 saturated carbocycles. The van der Waals surface area contributed by atoms with Crippen LogP contribution in [0.2, 0.25) is 0 Å². The minimum Gasteiger partial charge on any atom is -0.376 e. The number of carbonyl (C=O) groups excluding carboxylic acids is 1. The number of nitrogens with zero attached hydrogens (tertiary/aromatic N) is 2. The zero-order valence-electron chi connectivity index (χ0n) is 14.3. The number of thiophene rings is 1. The SMILES string of the molecule is O=C(CSc1ncnc2sc3c(c12)CCCCC3)NCC1CCCO1. The van der Waals surface area contributed by atoms with Crippen LogP contribution in [0.3, 0.4) is 0 Å². The molecule has 1 unspecified atom stereocenters. The summed E-state index contributed by atoms with van der Waals surface area (Å²) in [5.74, 6) is 0.442. The minimum atomic E-state index is 0.0496. The molecule has 1 amide bonds. The van der Waals surface area contributed by atoms with Gasteiger partial charge in [0.2, 0.25) is 5.91 Å². The van der Waals surface area contributed by atoms with E-state index >= 15 is 0 Å². The average molecular weight is 378 g/mol. The van der Waals surface area contributed by atoms with E-state index in [-0.39, 0.29) is 12.0 Å². The number of fused-ring (bicyclic) bond motifs is 3. The number of ether oxygens (including phenoxy) is 1. The molecule has 0 aromatic carbocycles. The van der Waals surface area contributed by atoms with Crippen molar-refractivity contribution in [3.8, 4) is 0 Å². The molecular formula is C18H23N3O2S2. The zero-order valence-corrected chi connectivity index (χ0v) is 15.9. The van der Waals surface area contributed by atoms with Gasteiger partial charge < -0.3 is 10.1 Å². The first-order valence-electron chi connectivity index (χ1n) is 9.07. The van der Waals surface area contributed by atoms with Crippen LogP contribution in [0.25, 0.3) is 10.2 Å². The molecule has 1 atom stereocenters. The van der Waals surface area contributed by atoms with Crippen LogP contribution in [0.5, 0.6) is 0 Å². The predicted molar refractivity (Wildman–Crippen MR) is 101 cm³/mol. The van der Waals surface area contributed by atoms with E-state index in [1.165, 1.54) is 46.9 Å². The second-order valence-electron chi connectivity index (χ2n) is 6.65. The van der Waals surface area contributed by atoms with Crippen molar-refractivity contribution in [2.45, 2.75) is 56.1 Å². The van der Waals surface area contributed by atoms with Crippen LogP contribution in [-0.4, -0.2) is 40.9 Å². The highest BCUT2D eigenvalue weighted by Gasteiger charge is 2.20. The molecule has 4 rings (SSSR count). The van der Waals surface area contributed by atoms with Crippen LogP contribution in [0.4, 0.5) is 0 Å². The highest BCUT2D eigenvalue weighted by Crippen LogP contribution is 2.38. The number of hydrogen-bond donors (Lipinski definition) is 1. The van der Waals surface area contributed by atoms with E-state index in [2.05, 4.69) is 15.3 Å². The third kappa shape index (κ3) is 3.99. The van der Waals surface area contributed by atoms with E-state index in [1.807, 2.05) is 11.3 Å². The molecule has 1 saturated heterocycles. The average Bonchev–Trinajstić information content (AvgIpc) is 3.21. The molecule has 134 valence electrons. The molecule has 2 aromatic rings. The normalized spacial score (nSPS) is 20.4. The Labute approximate surface area is 156 Å². The van der Waals surface area contributed by atoms with Crippen LogP contribution in [0, 0.1) is 0 Å². The van der Waals surface area contributed by atoms with Crippen LogP contribution in [0.15, 0.2) is 11.4 Å². The van der Waals surface area contributed by atoms with Crippen LogP contribution < -0.4 is 5.32 Å². The molecule has 1 fully saturated rings. The van der Waals surface area contributed by atoms with Crippen molar-refractivity contribution in [2.75, 3.05) is 18.9 Å². The molecule has 2 aromatic heterocycles. The van der Waals surface area contributed by atoms with E-state index < -0.39 is 0 Å². The Morgan fingerprint density at radius 3 is 3.08 bits per heavy atom. The summed E-state index contributed by atoms with van der Waals surface area (Å²) in [5, 5.41) is 5.13. The van der Waals surface area contributed by atoms with Gasteiger partial charge in [0.25, 0.3) is 0 Å². The lowest BCUT2D eigenvalue weighted by molar-refractivity contribution is -0.119. The van der Waals surface area contributed by atoms with Crippen molar-refractivity contribution in [2.24, 2.45) is 0 Å². The summed E-state index contributed by atoms with van der Waals surface area (Å²) in [4.78, 5) is 23.7. The van der Waals surface area contributed by atoms with E-state index in [1.54, 1.807) is 6.33 Å². The standard InChI is InChI=1S/C18H23N3O2S2/c22-15(19-9-12-5-4-8-23-12)10-24-17-16-13-6-2-1-3-7-14(13)25-18(16)21-11-20-17/h11-12H,1-10H2,(H,19,22). The number of amides is 1. The second kappa shape index (κ2) is 8.01. The van der Waals surface area contributed by atoms with E-state index in [0.29, 0.717) is 12.3 Å². The van der Waals surface area contributed by atoms with Crippen molar-refractivity contribution in [1.82, 2.24) is 15.3 Å². The highest BCUT2D eigenvalue weighted by molar-refractivity contribution is 8.00. The van der Waals surface area contributed by atoms with Gasteiger partial charge in [-0.1, -0.05) is 18.2 Å². The molecule has 0 spiro atoms. The Balaban J connectivity index is 1.44. The largest absolute Gasteiger partial charge is 0.376 e. The van der Waals surface area contributed by atoms with Gasteiger partial charge in [-0.3, -0.25) is 4.79 Å². The van der Waals surface area contributed by atoms with Gasteiger partial charge in [0.05, 0.1) is 11.9 Å². The molecule has 7 heteroatoms. The van der Waals surface area contributed by atoms with Gasteiger partial charge in [-0.25, -0.2) is 9.97 Å². The van der Waals surface area contributed by atoms with Gasteiger partial charge in [-0.05, 0) is 44.1 Å². The Hall–Kier alpha value is -1.18. The molecule has 1 aliphatic carbocycles. The maximum atomic E-state index is 12.2. The Morgan fingerprint density at radius 1 is 1.28 bits per heavy atom. The van der Waals surface area contributed by atoms with E-state index in [0.717, 1.165) is 42.1 Å². The molecule has 5 nitrogen and oxygen atoms in total. The molecule has 1 aliphatic heterocycles. The first-order chi connectivity index (χ1) is 12.3. The number of aryl methyl sites for hydroxylation is 2. The fourth-order valence-corrected chi connectivity index (χ4v) is 5.71.